The molecule has 0 radical (unpaired) electrons. The standard InChI is InChI=1S/C25H24F3N5S/c1-16-21-8-11-29-24(21)31-15-22(16)17-2-5-20(6-3-17)34-33-12-9-19(10-13-33)32-23-7-4-18(14-30-23)25(26,27)28/h2-8,11,14-15,19H,9-10,12-13H2,1H3,(H,29,31)(H,30,32). The lowest BCUT2D eigenvalue weighted by Gasteiger charge is -2.31. The van der Waals surface area contributed by atoms with Gasteiger partial charge in [0.15, 0.2) is 0 Å². The van der Waals surface area contributed by atoms with Gasteiger partial charge in [-0.25, -0.2) is 14.3 Å². The van der Waals surface area contributed by atoms with Gasteiger partial charge in [-0.3, -0.25) is 0 Å². The van der Waals surface area contributed by atoms with Gasteiger partial charge in [0.2, 0.25) is 0 Å². The zero-order chi connectivity index (χ0) is 23.7. The first kappa shape index (κ1) is 22.7. The lowest BCUT2D eigenvalue weighted by molar-refractivity contribution is -0.137. The fraction of sp³-hybridized carbons (Fsp3) is 0.280. The van der Waals surface area contributed by atoms with Crippen LogP contribution in [-0.2, 0) is 6.18 Å². The smallest absolute Gasteiger partial charge is 0.367 e. The summed E-state index contributed by atoms with van der Waals surface area (Å²) in [6.45, 7) is 3.89. The van der Waals surface area contributed by atoms with Crippen LogP contribution in [0.3, 0.4) is 0 Å². The van der Waals surface area contributed by atoms with Crippen LogP contribution in [0.25, 0.3) is 22.2 Å². The predicted octanol–water partition coefficient (Wildman–Crippen LogP) is 6.54. The lowest BCUT2D eigenvalue weighted by Crippen LogP contribution is -2.35. The van der Waals surface area contributed by atoms with Crippen molar-refractivity contribution in [3.8, 4) is 11.1 Å². The number of anilines is 1. The summed E-state index contributed by atoms with van der Waals surface area (Å²) in [6, 6.07) is 13.3. The number of alkyl halides is 3. The number of benzene rings is 1. The van der Waals surface area contributed by atoms with E-state index >= 15 is 0 Å². The minimum absolute atomic E-state index is 0.197. The van der Waals surface area contributed by atoms with Crippen molar-refractivity contribution in [2.45, 2.75) is 36.9 Å². The Labute approximate surface area is 199 Å². The predicted molar refractivity (Wildman–Crippen MR) is 130 cm³/mol. The third kappa shape index (κ3) is 4.90. The third-order valence-corrected chi connectivity index (χ3v) is 7.26. The molecule has 5 rings (SSSR count). The molecule has 4 heterocycles. The first-order valence-electron chi connectivity index (χ1n) is 11.1. The van der Waals surface area contributed by atoms with E-state index in [2.05, 4.69) is 61.8 Å². The molecule has 2 N–H and O–H groups in total. The van der Waals surface area contributed by atoms with Gasteiger partial charge >= 0.3 is 6.18 Å². The van der Waals surface area contributed by atoms with Crippen LogP contribution in [0.15, 0.2) is 66.0 Å². The number of hydrogen-bond acceptors (Lipinski definition) is 5. The maximum atomic E-state index is 12.7. The summed E-state index contributed by atoms with van der Waals surface area (Å²) in [5.74, 6) is 0.484. The number of piperidine rings is 1. The number of aromatic nitrogens is 3. The number of H-pyrrole nitrogens is 1. The maximum absolute atomic E-state index is 12.7. The van der Waals surface area contributed by atoms with Crippen molar-refractivity contribution < 1.29 is 13.2 Å². The molecule has 1 saturated heterocycles. The van der Waals surface area contributed by atoms with Crippen molar-refractivity contribution in [3.63, 3.8) is 0 Å². The second-order valence-electron chi connectivity index (χ2n) is 8.43. The molecular formula is C25H24F3N5S. The van der Waals surface area contributed by atoms with Crippen LogP contribution in [0.2, 0.25) is 0 Å². The topological polar surface area (TPSA) is 56.8 Å². The summed E-state index contributed by atoms with van der Waals surface area (Å²) in [4.78, 5) is 12.8. The van der Waals surface area contributed by atoms with Gasteiger partial charge in [-0.15, -0.1) is 0 Å². The molecule has 9 heteroatoms. The van der Waals surface area contributed by atoms with Crippen molar-refractivity contribution in [1.82, 2.24) is 19.3 Å². The van der Waals surface area contributed by atoms with Crippen molar-refractivity contribution >= 4 is 28.8 Å². The van der Waals surface area contributed by atoms with E-state index in [4.69, 9.17) is 0 Å². The van der Waals surface area contributed by atoms with E-state index in [0.717, 1.165) is 60.4 Å². The molecule has 1 aromatic carbocycles. The summed E-state index contributed by atoms with van der Waals surface area (Å²) in [6.07, 6.45) is 2.14. The minimum atomic E-state index is -4.36. The van der Waals surface area contributed by atoms with E-state index in [0.29, 0.717) is 5.82 Å². The highest BCUT2D eigenvalue weighted by Gasteiger charge is 2.30. The number of halogens is 3. The number of nitrogens with one attached hydrogen (secondary N) is 2. The Bertz CT molecular complexity index is 1260. The van der Waals surface area contributed by atoms with Crippen LogP contribution in [-0.4, -0.2) is 38.4 Å². The van der Waals surface area contributed by atoms with Gasteiger partial charge in [0.05, 0.1) is 5.56 Å². The number of pyridine rings is 2. The molecule has 4 aromatic rings. The Morgan fingerprint density at radius 1 is 1.00 bits per heavy atom. The second kappa shape index (κ2) is 9.31. The number of rotatable bonds is 5. The molecule has 1 fully saturated rings. The van der Waals surface area contributed by atoms with E-state index in [-0.39, 0.29) is 6.04 Å². The zero-order valence-corrected chi connectivity index (χ0v) is 19.4. The van der Waals surface area contributed by atoms with Crippen LogP contribution in [0.5, 0.6) is 0 Å². The summed E-state index contributed by atoms with van der Waals surface area (Å²) in [7, 11) is 0. The first-order valence-corrected chi connectivity index (χ1v) is 11.9. The lowest BCUT2D eigenvalue weighted by atomic mass is 10.0. The summed E-state index contributed by atoms with van der Waals surface area (Å²) < 4.78 is 40.4. The number of aromatic amines is 1. The van der Waals surface area contributed by atoms with Gasteiger partial charge in [-0.1, -0.05) is 12.1 Å². The van der Waals surface area contributed by atoms with Crippen LogP contribution in [0, 0.1) is 6.92 Å². The number of fused-ring (bicyclic) bond motifs is 1. The third-order valence-electron chi connectivity index (χ3n) is 6.15. The quantitative estimate of drug-likeness (QED) is 0.316. The van der Waals surface area contributed by atoms with E-state index in [1.807, 2.05) is 12.4 Å². The average Bonchev–Trinajstić information content (AvgIpc) is 3.31. The van der Waals surface area contributed by atoms with Crippen LogP contribution in [0.4, 0.5) is 19.0 Å². The van der Waals surface area contributed by atoms with E-state index in [1.165, 1.54) is 16.5 Å². The van der Waals surface area contributed by atoms with Gasteiger partial charge in [-0.05, 0) is 73.2 Å². The highest BCUT2D eigenvalue weighted by Crippen LogP contribution is 2.32. The van der Waals surface area contributed by atoms with Gasteiger partial charge in [0, 0.05) is 53.6 Å². The highest BCUT2D eigenvalue weighted by atomic mass is 32.2. The minimum Gasteiger partial charge on any atom is -0.367 e. The monoisotopic (exact) mass is 483 g/mol. The summed E-state index contributed by atoms with van der Waals surface area (Å²) >= 11 is 1.73. The second-order valence-corrected chi connectivity index (χ2v) is 9.60. The molecule has 34 heavy (non-hydrogen) atoms. The molecule has 0 amide bonds. The molecule has 0 unspecified atom stereocenters. The van der Waals surface area contributed by atoms with E-state index in [1.54, 1.807) is 11.9 Å². The fourth-order valence-corrected chi connectivity index (χ4v) is 5.17. The number of aryl methyl sites for hydroxylation is 1. The highest BCUT2D eigenvalue weighted by molar-refractivity contribution is 7.97. The van der Waals surface area contributed by atoms with E-state index in [9.17, 15) is 13.2 Å². The Hall–Kier alpha value is -3.04. The van der Waals surface area contributed by atoms with Crippen LogP contribution < -0.4 is 5.32 Å². The van der Waals surface area contributed by atoms with Crippen LogP contribution >= 0.6 is 11.9 Å². The summed E-state index contributed by atoms with van der Waals surface area (Å²) in [5, 5.41) is 4.40. The maximum Gasteiger partial charge on any atom is 0.417 e. The fourth-order valence-electron chi connectivity index (χ4n) is 4.22. The Balaban J connectivity index is 1.15. The van der Waals surface area contributed by atoms with Gasteiger partial charge < -0.3 is 10.3 Å². The van der Waals surface area contributed by atoms with Gasteiger partial charge in [0.1, 0.15) is 11.5 Å². The largest absolute Gasteiger partial charge is 0.417 e. The number of hydrogen-bond donors (Lipinski definition) is 2. The Morgan fingerprint density at radius 2 is 1.76 bits per heavy atom. The molecule has 0 aliphatic carbocycles. The Kier molecular flexibility index (Phi) is 6.22. The molecule has 0 bridgehead atoms. The number of nitrogens with zero attached hydrogens (tertiary/aromatic N) is 3. The first-order chi connectivity index (χ1) is 16.4. The Morgan fingerprint density at radius 3 is 2.44 bits per heavy atom. The molecule has 1 aliphatic heterocycles. The van der Waals surface area contributed by atoms with Crippen LogP contribution in [0.1, 0.15) is 24.0 Å². The molecule has 0 saturated carbocycles. The molecule has 3 aromatic heterocycles. The zero-order valence-electron chi connectivity index (χ0n) is 18.6. The average molecular weight is 484 g/mol. The molecule has 1 aliphatic rings. The van der Waals surface area contributed by atoms with Gasteiger partial charge in [-0.2, -0.15) is 13.2 Å². The normalized spacial score (nSPS) is 15.6. The van der Waals surface area contributed by atoms with Crippen molar-refractivity contribution in [2.24, 2.45) is 0 Å². The van der Waals surface area contributed by atoms with E-state index < -0.39 is 11.7 Å². The molecule has 0 atom stereocenters. The molecule has 5 nitrogen and oxygen atoms in total. The molecular weight excluding hydrogens is 459 g/mol. The SMILES string of the molecule is Cc1c(-c2ccc(SN3CCC(Nc4ccc(C(F)(F)F)cn4)CC3)cc2)cnc2[nH]ccc12. The molecule has 0 spiro atoms. The molecule has 176 valence electrons. The van der Waals surface area contributed by atoms with Crippen molar-refractivity contribution in [3.05, 3.63) is 72.2 Å². The van der Waals surface area contributed by atoms with Gasteiger partial charge in [0.25, 0.3) is 0 Å². The van der Waals surface area contributed by atoms with Crippen molar-refractivity contribution in [1.29, 1.82) is 0 Å². The summed E-state index contributed by atoms with van der Waals surface area (Å²) in [5.41, 5.74) is 3.66. The van der Waals surface area contributed by atoms with Crippen molar-refractivity contribution in [2.75, 3.05) is 18.4 Å².